The first-order valence-electron chi connectivity index (χ1n) is 11.2. The second kappa shape index (κ2) is 9.88. The van der Waals surface area contributed by atoms with Gasteiger partial charge < -0.3 is 19.5 Å². The molecule has 184 valence electrons. The summed E-state index contributed by atoms with van der Waals surface area (Å²) in [5.41, 5.74) is 1.61. The summed E-state index contributed by atoms with van der Waals surface area (Å²) < 4.78 is 43.8. The van der Waals surface area contributed by atoms with Crippen molar-refractivity contribution in [1.29, 1.82) is 5.26 Å². The first-order valence-corrected chi connectivity index (χ1v) is 11.2. The summed E-state index contributed by atoms with van der Waals surface area (Å²) in [6.07, 6.45) is 4.16. The standard InChI is InChI=1S/C25H26F2N4O4/c1-25(2,14-28)17-4-6-31-18(12-29-21(31)10-17)16-8-19(33-3)22(20(9-16)35-24(26)27)23(32)30-11-15-5-7-34-13-15/h4,6,8-10,12,15,24H,5,7,11,13H2,1-3H3,(H,30,32). The van der Waals surface area contributed by atoms with E-state index in [9.17, 15) is 18.8 Å². The van der Waals surface area contributed by atoms with E-state index >= 15 is 0 Å². The van der Waals surface area contributed by atoms with E-state index in [4.69, 9.17) is 14.2 Å². The zero-order valence-corrected chi connectivity index (χ0v) is 19.7. The monoisotopic (exact) mass is 484 g/mol. The lowest BCUT2D eigenvalue weighted by atomic mass is 9.87. The number of alkyl halides is 2. The lowest BCUT2D eigenvalue weighted by Crippen LogP contribution is -2.30. The number of halogens is 2. The Labute approximate surface area is 201 Å². The van der Waals surface area contributed by atoms with Gasteiger partial charge in [0.1, 0.15) is 22.7 Å². The fourth-order valence-corrected chi connectivity index (χ4v) is 4.03. The van der Waals surface area contributed by atoms with Crippen molar-refractivity contribution >= 4 is 11.6 Å². The van der Waals surface area contributed by atoms with E-state index in [0.717, 1.165) is 12.0 Å². The number of aromatic nitrogens is 2. The van der Waals surface area contributed by atoms with Gasteiger partial charge in [0.2, 0.25) is 0 Å². The fraction of sp³-hybridized carbons (Fsp3) is 0.400. The summed E-state index contributed by atoms with van der Waals surface area (Å²) >= 11 is 0. The number of carbonyl (C=O) groups excluding carboxylic acids is 1. The van der Waals surface area contributed by atoms with Crippen LogP contribution in [0.25, 0.3) is 16.9 Å². The quantitative estimate of drug-likeness (QED) is 0.515. The first-order chi connectivity index (χ1) is 16.7. The van der Waals surface area contributed by atoms with Gasteiger partial charge >= 0.3 is 6.61 Å². The third kappa shape index (κ3) is 5.05. The van der Waals surface area contributed by atoms with E-state index in [2.05, 4.69) is 16.4 Å². The van der Waals surface area contributed by atoms with Gasteiger partial charge in [-0.15, -0.1) is 0 Å². The number of carbonyl (C=O) groups is 1. The van der Waals surface area contributed by atoms with Crippen molar-refractivity contribution in [2.45, 2.75) is 32.3 Å². The molecule has 1 atom stereocenters. The second-order valence-electron chi connectivity index (χ2n) is 8.89. The highest BCUT2D eigenvalue weighted by Gasteiger charge is 2.26. The van der Waals surface area contributed by atoms with E-state index in [1.165, 1.54) is 13.2 Å². The Bertz CT molecular complexity index is 1280. The second-order valence-corrected chi connectivity index (χ2v) is 8.89. The number of ether oxygens (including phenoxy) is 3. The highest BCUT2D eigenvalue weighted by Crippen LogP contribution is 2.37. The van der Waals surface area contributed by atoms with Crippen molar-refractivity contribution < 1.29 is 27.8 Å². The van der Waals surface area contributed by atoms with Crippen LogP contribution in [0.4, 0.5) is 8.78 Å². The number of rotatable bonds is 8. The maximum atomic E-state index is 13.3. The molecule has 8 nitrogen and oxygen atoms in total. The van der Waals surface area contributed by atoms with E-state index in [-0.39, 0.29) is 23.0 Å². The van der Waals surface area contributed by atoms with Gasteiger partial charge in [-0.25, -0.2) is 4.98 Å². The number of hydrogen-bond acceptors (Lipinski definition) is 6. The van der Waals surface area contributed by atoms with Crippen LogP contribution in [0.2, 0.25) is 0 Å². The van der Waals surface area contributed by atoms with Crippen LogP contribution in [0.1, 0.15) is 36.2 Å². The zero-order valence-electron chi connectivity index (χ0n) is 19.7. The Morgan fingerprint density at radius 3 is 2.80 bits per heavy atom. The van der Waals surface area contributed by atoms with Crippen LogP contribution in [-0.2, 0) is 10.2 Å². The Morgan fingerprint density at radius 1 is 1.37 bits per heavy atom. The topological polar surface area (TPSA) is 97.9 Å². The van der Waals surface area contributed by atoms with Crippen LogP contribution in [0.3, 0.4) is 0 Å². The smallest absolute Gasteiger partial charge is 0.387 e. The molecule has 0 bridgehead atoms. The lowest BCUT2D eigenvalue weighted by Gasteiger charge is -2.18. The molecule has 1 aliphatic heterocycles. The molecule has 1 N–H and O–H groups in total. The van der Waals surface area contributed by atoms with Crippen LogP contribution in [0.5, 0.6) is 11.5 Å². The summed E-state index contributed by atoms with van der Waals surface area (Å²) in [7, 11) is 1.36. The van der Waals surface area contributed by atoms with Gasteiger partial charge in [0, 0.05) is 30.8 Å². The molecule has 0 saturated carbocycles. The van der Waals surface area contributed by atoms with E-state index < -0.39 is 17.9 Å². The minimum atomic E-state index is -3.14. The van der Waals surface area contributed by atoms with Crippen LogP contribution in [0.15, 0.2) is 36.7 Å². The van der Waals surface area contributed by atoms with Gasteiger partial charge in [-0.3, -0.25) is 9.20 Å². The minimum absolute atomic E-state index is 0.0931. The zero-order chi connectivity index (χ0) is 25.2. The lowest BCUT2D eigenvalue weighted by molar-refractivity contribution is -0.0502. The molecule has 10 heteroatoms. The molecule has 0 spiro atoms. The molecular weight excluding hydrogens is 458 g/mol. The summed E-state index contributed by atoms with van der Waals surface area (Å²) in [4.78, 5) is 17.4. The molecule has 3 aromatic rings. The summed E-state index contributed by atoms with van der Waals surface area (Å²) in [5.74, 6) is -0.613. The summed E-state index contributed by atoms with van der Waals surface area (Å²) in [6.45, 7) is 2.01. The van der Waals surface area contributed by atoms with Crippen molar-refractivity contribution in [3.63, 3.8) is 0 Å². The van der Waals surface area contributed by atoms with E-state index in [1.807, 2.05) is 19.9 Å². The van der Waals surface area contributed by atoms with Crippen LogP contribution < -0.4 is 14.8 Å². The Balaban J connectivity index is 1.74. The fourth-order valence-electron chi connectivity index (χ4n) is 4.03. The minimum Gasteiger partial charge on any atom is -0.496 e. The predicted octanol–water partition coefficient (Wildman–Crippen LogP) is 4.18. The van der Waals surface area contributed by atoms with Gasteiger partial charge in [0.25, 0.3) is 5.91 Å². The SMILES string of the molecule is COc1cc(-c2cnc3cc(C(C)(C)C#N)ccn23)cc(OC(F)F)c1C(=O)NCC1CCOC1. The third-order valence-corrected chi connectivity index (χ3v) is 6.11. The molecular formula is C25H26F2N4O4. The maximum absolute atomic E-state index is 13.3. The normalized spacial score (nSPS) is 15.9. The molecule has 35 heavy (non-hydrogen) atoms. The number of pyridine rings is 1. The van der Waals surface area contributed by atoms with Gasteiger partial charge in [-0.2, -0.15) is 14.0 Å². The maximum Gasteiger partial charge on any atom is 0.387 e. The molecule has 1 fully saturated rings. The average molecular weight is 485 g/mol. The highest BCUT2D eigenvalue weighted by atomic mass is 19.3. The molecule has 0 aliphatic carbocycles. The third-order valence-electron chi connectivity index (χ3n) is 6.11. The number of nitrogens with one attached hydrogen (secondary N) is 1. The number of fused-ring (bicyclic) bond motifs is 1. The molecule has 1 aliphatic rings. The van der Waals surface area contributed by atoms with Crippen molar-refractivity contribution in [3.05, 3.63) is 47.8 Å². The molecule has 1 aromatic carbocycles. The number of hydrogen-bond donors (Lipinski definition) is 1. The van der Waals surface area contributed by atoms with Crippen LogP contribution in [-0.4, -0.2) is 48.8 Å². The number of nitriles is 1. The van der Waals surface area contributed by atoms with Crippen LogP contribution in [0, 0.1) is 17.2 Å². The molecule has 1 amide bonds. The Hall–Kier alpha value is -3.71. The number of methoxy groups -OCH3 is 1. The highest BCUT2D eigenvalue weighted by molar-refractivity contribution is 6.00. The molecule has 0 radical (unpaired) electrons. The van der Waals surface area contributed by atoms with Gasteiger partial charge in [0.15, 0.2) is 0 Å². The molecule has 1 saturated heterocycles. The number of imidazole rings is 1. The van der Waals surface area contributed by atoms with Crippen molar-refractivity contribution in [1.82, 2.24) is 14.7 Å². The summed E-state index contributed by atoms with van der Waals surface area (Å²) in [5, 5.41) is 12.2. The van der Waals surface area contributed by atoms with Crippen molar-refractivity contribution in [3.8, 4) is 28.8 Å². The molecule has 2 aromatic heterocycles. The van der Waals surface area contributed by atoms with Crippen molar-refractivity contribution in [2.75, 3.05) is 26.9 Å². The van der Waals surface area contributed by atoms with Crippen molar-refractivity contribution in [2.24, 2.45) is 5.92 Å². The Morgan fingerprint density at radius 2 is 2.14 bits per heavy atom. The van der Waals surface area contributed by atoms with Gasteiger partial charge in [0.05, 0.1) is 37.1 Å². The number of nitrogens with zero attached hydrogens (tertiary/aromatic N) is 3. The Kier molecular flexibility index (Phi) is 6.89. The largest absolute Gasteiger partial charge is 0.496 e. The molecule has 3 heterocycles. The predicted molar refractivity (Wildman–Crippen MR) is 124 cm³/mol. The summed E-state index contributed by atoms with van der Waals surface area (Å²) in [6, 6.07) is 8.83. The first kappa shape index (κ1) is 24.4. The van der Waals surface area contributed by atoms with Gasteiger partial charge in [-0.05, 0) is 50.1 Å². The van der Waals surface area contributed by atoms with E-state index in [1.54, 1.807) is 28.9 Å². The van der Waals surface area contributed by atoms with Crippen LogP contribution >= 0.6 is 0 Å². The number of amides is 1. The van der Waals surface area contributed by atoms with E-state index in [0.29, 0.717) is 36.7 Å². The number of benzene rings is 1. The van der Waals surface area contributed by atoms with Gasteiger partial charge in [-0.1, -0.05) is 0 Å². The molecule has 1 unspecified atom stereocenters. The average Bonchev–Trinajstić information content (AvgIpc) is 3.51. The molecule has 4 rings (SSSR count).